The molecule has 0 saturated carbocycles. The number of hydrogen-bond donors (Lipinski definition) is 2. The second-order valence-corrected chi connectivity index (χ2v) is 6.03. The molecule has 0 saturated heterocycles. The van der Waals surface area contributed by atoms with Gasteiger partial charge in [0.25, 0.3) is 5.91 Å². The van der Waals surface area contributed by atoms with Crippen molar-refractivity contribution in [1.29, 1.82) is 0 Å². The van der Waals surface area contributed by atoms with Crippen LogP contribution in [0.15, 0.2) is 18.2 Å². The quantitative estimate of drug-likeness (QED) is 0.729. The van der Waals surface area contributed by atoms with Gasteiger partial charge < -0.3 is 19.8 Å². The van der Waals surface area contributed by atoms with Gasteiger partial charge in [-0.3, -0.25) is 4.79 Å². The number of carbonyl (C=O) groups is 3. The Morgan fingerprint density at radius 2 is 1.89 bits per heavy atom. The molecule has 2 rings (SSSR count). The number of rotatable bonds is 6. The Labute approximate surface area is 159 Å². The standard InChI is InChI=1S/C18H18ClFN2O5/c1-4-26-17(24)15-9(2)16(21-10(15)3)18(25)27-8-14(23)22-13-6-5-11(19)7-12(13)20/h5-7,21H,4,8H2,1-3H3,(H,22,23). The van der Waals surface area contributed by atoms with Gasteiger partial charge in [0.05, 0.1) is 17.9 Å². The number of hydrogen-bond acceptors (Lipinski definition) is 5. The summed E-state index contributed by atoms with van der Waals surface area (Å²) in [5.41, 5.74) is 1.01. The van der Waals surface area contributed by atoms with Crippen LogP contribution in [0.2, 0.25) is 5.02 Å². The normalized spacial score (nSPS) is 10.4. The average molecular weight is 397 g/mol. The number of aromatic nitrogens is 1. The Kier molecular flexibility index (Phi) is 6.57. The van der Waals surface area contributed by atoms with Gasteiger partial charge in [-0.2, -0.15) is 0 Å². The van der Waals surface area contributed by atoms with Crippen LogP contribution in [0, 0.1) is 19.7 Å². The Morgan fingerprint density at radius 3 is 2.52 bits per heavy atom. The van der Waals surface area contributed by atoms with Gasteiger partial charge >= 0.3 is 11.9 Å². The molecule has 144 valence electrons. The second kappa shape index (κ2) is 8.68. The highest BCUT2D eigenvalue weighted by molar-refractivity contribution is 6.30. The van der Waals surface area contributed by atoms with Gasteiger partial charge in [0.15, 0.2) is 6.61 Å². The largest absolute Gasteiger partial charge is 0.462 e. The van der Waals surface area contributed by atoms with E-state index in [0.29, 0.717) is 11.3 Å². The van der Waals surface area contributed by atoms with E-state index in [4.69, 9.17) is 21.1 Å². The number of esters is 2. The minimum atomic E-state index is -0.821. The van der Waals surface area contributed by atoms with E-state index in [1.807, 2.05) is 0 Å². The van der Waals surface area contributed by atoms with Gasteiger partial charge in [-0.1, -0.05) is 11.6 Å². The lowest BCUT2D eigenvalue weighted by Crippen LogP contribution is -2.22. The molecule has 9 heteroatoms. The van der Waals surface area contributed by atoms with Crippen LogP contribution in [-0.4, -0.2) is 36.0 Å². The lowest BCUT2D eigenvalue weighted by Gasteiger charge is -2.07. The third-order valence-electron chi connectivity index (χ3n) is 3.66. The molecule has 27 heavy (non-hydrogen) atoms. The summed E-state index contributed by atoms with van der Waals surface area (Å²) in [6.45, 7) is 4.42. The van der Waals surface area contributed by atoms with Crippen LogP contribution in [0.4, 0.5) is 10.1 Å². The fourth-order valence-corrected chi connectivity index (χ4v) is 2.60. The monoisotopic (exact) mass is 396 g/mol. The lowest BCUT2D eigenvalue weighted by atomic mass is 10.1. The molecule has 1 aromatic carbocycles. The van der Waals surface area contributed by atoms with Gasteiger partial charge in [-0.15, -0.1) is 0 Å². The smallest absolute Gasteiger partial charge is 0.355 e. The van der Waals surface area contributed by atoms with Crippen molar-refractivity contribution in [2.45, 2.75) is 20.8 Å². The van der Waals surface area contributed by atoms with Gasteiger partial charge in [-0.25, -0.2) is 14.0 Å². The van der Waals surface area contributed by atoms with Crippen molar-refractivity contribution >= 4 is 35.1 Å². The van der Waals surface area contributed by atoms with Crippen molar-refractivity contribution < 1.29 is 28.2 Å². The first kappa shape index (κ1) is 20.4. The zero-order chi connectivity index (χ0) is 20.1. The molecular weight excluding hydrogens is 379 g/mol. The first-order valence-electron chi connectivity index (χ1n) is 8.02. The number of carbonyl (C=O) groups excluding carboxylic acids is 3. The van der Waals surface area contributed by atoms with Crippen LogP contribution in [-0.2, 0) is 14.3 Å². The SMILES string of the molecule is CCOC(=O)c1c(C)[nH]c(C(=O)OCC(=O)Nc2ccc(Cl)cc2F)c1C. The molecule has 1 amide bonds. The molecule has 7 nitrogen and oxygen atoms in total. The molecular formula is C18H18ClFN2O5. The molecule has 0 aliphatic heterocycles. The fraction of sp³-hybridized carbons (Fsp3) is 0.278. The average Bonchev–Trinajstić information content (AvgIpc) is 2.90. The van der Waals surface area contributed by atoms with Crippen molar-refractivity contribution in [1.82, 2.24) is 4.98 Å². The third-order valence-corrected chi connectivity index (χ3v) is 3.90. The molecule has 0 aliphatic carbocycles. The molecule has 1 heterocycles. The highest BCUT2D eigenvalue weighted by Gasteiger charge is 2.24. The summed E-state index contributed by atoms with van der Waals surface area (Å²) in [6, 6.07) is 3.75. The van der Waals surface area contributed by atoms with Crippen LogP contribution in [0.1, 0.15) is 39.0 Å². The molecule has 0 radical (unpaired) electrons. The van der Waals surface area contributed by atoms with Crippen molar-refractivity contribution in [2.24, 2.45) is 0 Å². The van der Waals surface area contributed by atoms with Crippen molar-refractivity contribution in [3.63, 3.8) is 0 Å². The van der Waals surface area contributed by atoms with E-state index in [0.717, 1.165) is 6.07 Å². The molecule has 0 atom stereocenters. The number of nitrogens with one attached hydrogen (secondary N) is 2. The van der Waals surface area contributed by atoms with Crippen LogP contribution in [0.3, 0.4) is 0 Å². The molecule has 0 aliphatic rings. The summed E-state index contributed by atoms with van der Waals surface area (Å²) < 4.78 is 23.5. The first-order valence-corrected chi connectivity index (χ1v) is 8.40. The molecule has 0 fully saturated rings. The maximum Gasteiger partial charge on any atom is 0.355 e. The molecule has 2 N–H and O–H groups in total. The van der Waals surface area contributed by atoms with Gasteiger partial charge in [0, 0.05) is 10.7 Å². The van der Waals surface area contributed by atoms with E-state index in [1.54, 1.807) is 20.8 Å². The molecule has 0 bridgehead atoms. The van der Waals surface area contributed by atoms with Crippen LogP contribution < -0.4 is 5.32 Å². The van der Waals surface area contributed by atoms with Crippen LogP contribution >= 0.6 is 11.6 Å². The zero-order valence-corrected chi connectivity index (χ0v) is 15.7. The Balaban J connectivity index is 2.02. The van der Waals surface area contributed by atoms with Crippen molar-refractivity contribution in [2.75, 3.05) is 18.5 Å². The molecule has 1 aromatic heterocycles. The number of amides is 1. The lowest BCUT2D eigenvalue weighted by molar-refractivity contribution is -0.119. The summed E-state index contributed by atoms with van der Waals surface area (Å²) in [5, 5.41) is 2.46. The van der Waals surface area contributed by atoms with E-state index in [1.165, 1.54) is 12.1 Å². The summed E-state index contributed by atoms with van der Waals surface area (Å²) in [6.07, 6.45) is 0. The zero-order valence-electron chi connectivity index (χ0n) is 14.9. The number of ether oxygens (including phenoxy) is 2. The van der Waals surface area contributed by atoms with Crippen molar-refractivity contribution in [3.8, 4) is 0 Å². The maximum atomic E-state index is 13.7. The summed E-state index contributed by atoms with van der Waals surface area (Å²) in [4.78, 5) is 38.8. The Bertz CT molecular complexity index is 894. The Hall–Kier alpha value is -2.87. The predicted molar refractivity (Wildman–Crippen MR) is 96.5 cm³/mol. The van der Waals surface area contributed by atoms with E-state index < -0.39 is 30.3 Å². The van der Waals surface area contributed by atoms with Gasteiger partial charge in [0.2, 0.25) is 0 Å². The molecule has 0 unspecified atom stereocenters. The molecule has 2 aromatic rings. The van der Waals surface area contributed by atoms with Gasteiger partial charge in [-0.05, 0) is 44.5 Å². The second-order valence-electron chi connectivity index (χ2n) is 5.59. The van der Waals surface area contributed by atoms with E-state index in [2.05, 4.69) is 10.3 Å². The number of aromatic amines is 1. The van der Waals surface area contributed by atoms with Crippen molar-refractivity contribution in [3.05, 3.63) is 51.6 Å². The maximum absolute atomic E-state index is 13.7. The van der Waals surface area contributed by atoms with E-state index in [-0.39, 0.29) is 28.6 Å². The minimum absolute atomic E-state index is 0.0426. The summed E-state index contributed by atoms with van der Waals surface area (Å²) in [5.74, 6) is -2.81. The number of aryl methyl sites for hydroxylation is 1. The topological polar surface area (TPSA) is 97.5 Å². The fourth-order valence-electron chi connectivity index (χ4n) is 2.44. The number of H-pyrrole nitrogens is 1. The van der Waals surface area contributed by atoms with E-state index in [9.17, 15) is 18.8 Å². The predicted octanol–water partition coefficient (Wildman–Crippen LogP) is 3.40. The van der Waals surface area contributed by atoms with Crippen LogP contribution in [0.5, 0.6) is 0 Å². The number of anilines is 1. The number of benzene rings is 1. The third kappa shape index (κ3) is 4.85. The van der Waals surface area contributed by atoms with Gasteiger partial charge in [0.1, 0.15) is 11.5 Å². The Morgan fingerprint density at radius 1 is 1.19 bits per heavy atom. The first-order chi connectivity index (χ1) is 12.7. The molecule has 0 spiro atoms. The van der Waals surface area contributed by atoms with E-state index >= 15 is 0 Å². The number of halogens is 2. The highest BCUT2D eigenvalue weighted by Crippen LogP contribution is 2.20. The summed E-state index contributed by atoms with van der Waals surface area (Å²) >= 11 is 5.64. The minimum Gasteiger partial charge on any atom is -0.462 e. The van der Waals surface area contributed by atoms with Crippen LogP contribution in [0.25, 0.3) is 0 Å². The summed E-state index contributed by atoms with van der Waals surface area (Å²) in [7, 11) is 0. The highest BCUT2D eigenvalue weighted by atomic mass is 35.5.